The number of rotatable bonds is 6. The van der Waals surface area contributed by atoms with Crippen molar-refractivity contribution in [2.75, 3.05) is 38.9 Å². The molecular weight excluding hydrogens is 410 g/mol. The lowest BCUT2D eigenvalue weighted by atomic mass is 10.1. The van der Waals surface area contributed by atoms with Gasteiger partial charge in [-0.2, -0.15) is 0 Å². The predicted molar refractivity (Wildman–Crippen MR) is 117 cm³/mol. The van der Waals surface area contributed by atoms with Crippen molar-refractivity contribution in [3.63, 3.8) is 0 Å². The lowest BCUT2D eigenvalue weighted by Gasteiger charge is -2.22. The van der Waals surface area contributed by atoms with Gasteiger partial charge in [0.25, 0.3) is 0 Å². The Balaban J connectivity index is 1.62. The van der Waals surface area contributed by atoms with Crippen molar-refractivity contribution < 1.29 is 14.3 Å². The number of carbonyl (C=O) groups excluding carboxylic acids is 1. The summed E-state index contributed by atoms with van der Waals surface area (Å²) in [4.78, 5) is 21.8. The van der Waals surface area contributed by atoms with Crippen LogP contribution in [0.3, 0.4) is 0 Å². The molecule has 0 spiro atoms. The number of nitrogens with zero attached hydrogens (tertiary/aromatic N) is 3. The van der Waals surface area contributed by atoms with Crippen molar-refractivity contribution in [1.82, 2.24) is 9.88 Å². The van der Waals surface area contributed by atoms with Crippen LogP contribution in [0.4, 0.5) is 5.13 Å². The molecule has 0 radical (unpaired) electrons. The molecule has 0 fully saturated rings. The van der Waals surface area contributed by atoms with Crippen molar-refractivity contribution in [3.8, 4) is 11.5 Å². The minimum Gasteiger partial charge on any atom is -0.454 e. The second kappa shape index (κ2) is 8.18. The highest BCUT2D eigenvalue weighted by molar-refractivity contribution is 7.22. The summed E-state index contributed by atoms with van der Waals surface area (Å²) in [6.07, 6.45) is 0.264. The number of amides is 1. The third kappa shape index (κ3) is 4.17. The number of likely N-dealkylation sites (N-methyl/N-ethyl adjacent to an activating group) is 1. The highest BCUT2D eigenvalue weighted by Gasteiger charge is 2.22. The number of aromatic nitrogens is 1. The number of carbonyl (C=O) groups is 1. The van der Waals surface area contributed by atoms with E-state index in [1.165, 1.54) is 11.3 Å². The summed E-state index contributed by atoms with van der Waals surface area (Å²) in [6, 6.07) is 9.45. The third-order valence-electron chi connectivity index (χ3n) is 4.83. The van der Waals surface area contributed by atoms with Crippen LogP contribution in [0.25, 0.3) is 10.2 Å². The number of anilines is 1. The van der Waals surface area contributed by atoms with Crippen LogP contribution in [0.5, 0.6) is 11.5 Å². The summed E-state index contributed by atoms with van der Waals surface area (Å²) in [5.41, 5.74) is 2.67. The quantitative estimate of drug-likeness (QED) is 0.587. The average molecular weight is 432 g/mol. The van der Waals surface area contributed by atoms with Gasteiger partial charge >= 0.3 is 0 Å². The number of aryl methyl sites for hydroxylation is 1. The van der Waals surface area contributed by atoms with Crippen LogP contribution in [0.1, 0.15) is 11.1 Å². The number of ether oxygens (including phenoxy) is 2. The van der Waals surface area contributed by atoms with E-state index in [-0.39, 0.29) is 19.1 Å². The molecule has 3 aromatic rings. The topological polar surface area (TPSA) is 54.9 Å². The third-order valence-corrected chi connectivity index (χ3v) is 6.28. The Labute approximate surface area is 178 Å². The largest absolute Gasteiger partial charge is 0.454 e. The summed E-state index contributed by atoms with van der Waals surface area (Å²) in [5.74, 6) is 1.39. The smallest absolute Gasteiger partial charge is 0.233 e. The standard InChI is InChI=1S/C21H22ClN3O3S/c1-13-15(22)5-7-18-20(13)23-21(29-18)25(9-8-24(2)3)19(26)11-14-4-6-16-17(10-14)28-12-27-16/h4-7,10H,8-9,11-12H2,1-3H3. The zero-order valence-corrected chi connectivity index (χ0v) is 18.1. The highest BCUT2D eigenvalue weighted by atomic mass is 35.5. The Morgan fingerprint density at radius 2 is 1.97 bits per heavy atom. The highest BCUT2D eigenvalue weighted by Crippen LogP contribution is 2.35. The van der Waals surface area contributed by atoms with Crippen LogP contribution in [-0.2, 0) is 11.2 Å². The Morgan fingerprint density at radius 1 is 1.17 bits per heavy atom. The first-order chi connectivity index (χ1) is 13.9. The Kier molecular flexibility index (Phi) is 5.63. The van der Waals surface area contributed by atoms with E-state index in [0.717, 1.165) is 27.9 Å². The van der Waals surface area contributed by atoms with E-state index in [4.69, 9.17) is 26.1 Å². The lowest BCUT2D eigenvalue weighted by molar-refractivity contribution is -0.118. The summed E-state index contributed by atoms with van der Waals surface area (Å²) < 4.78 is 11.8. The molecule has 0 bridgehead atoms. The molecule has 1 aliphatic heterocycles. The Bertz CT molecular complexity index is 1070. The van der Waals surface area contributed by atoms with E-state index >= 15 is 0 Å². The van der Waals surface area contributed by atoms with Crippen molar-refractivity contribution in [1.29, 1.82) is 0 Å². The van der Waals surface area contributed by atoms with Crippen LogP contribution in [-0.4, -0.2) is 49.8 Å². The van der Waals surface area contributed by atoms with Gasteiger partial charge in [-0.1, -0.05) is 29.0 Å². The zero-order chi connectivity index (χ0) is 20.5. The maximum Gasteiger partial charge on any atom is 0.233 e. The fourth-order valence-electron chi connectivity index (χ4n) is 3.15. The summed E-state index contributed by atoms with van der Waals surface area (Å²) in [7, 11) is 3.98. The van der Waals surface area contributed by atoms with Gasteiger partial charge in [-0.15, -0.1) is 0 Å². The van der Waals surface area contributed by atoms with Crippen molar-refractivity contribution >= 4 is 44.2 Å². The van der Waals surface area contributed by atoms with E-state index in [1.807, 2.05) is 51.4 Å². The van der Waals surface area contributed by atoms with Crippen molar-refractivity contribution in [2.24, 2.45) is 0 Å². The van der Waals surface area contributed by atoms with Crippen LogP contribution in [0, 0.1) is 6.92 Å². The lowest BCUT2D eigenvalue weighted by Crippen LogP contribution is -2.37. The van der Waals surface area contributed by atoms with E-state index in [9.17, 15) is 4.79 Å². The van der Waals surface area contributed by atoms with Gasteiger partial charge in [0.15, 0.2) is 16.6 Å². The maximum absolute atomic E-state index is 13.2. The Morgan fingerprint density at radius 3 is 2.76 bits per heavy atom. The normalized spacial score (nSPS) is 12.7. The van der Waals surface area contributed by atoms with Gasteiger partial charge in [0, 0.05) is 18.1 Å². The first kappa shape index (κ1) is 19.9. The van der Waals surface area contributed by atoms with Gasteiger partial charge in [0.05, 0.1) is 16.6 Å². The molecule has 0 atom stereocenters. The number of hydrogen-bond acceptors (Lipinski definition) is 6. The molecule has 0 N–H and O–H groups in total. The first-order valence-corrected chi connectivity index (χ1v) is 10.5. The van der Waals surface area contributed by atoms with Gasteiger partial charge < -0.3 is 14.4 Å². The second-order valence-electron chi connectivity index (χ2n) is 7.23. The number of thiazole rings is 1. The fourth-order valence-corrected chi connectivity index (χ4v) is 4.37. The molecule has 8 heteroatoms. The molecule has 0 aliphatic carbocycles. The molecule has 1 aliphatic rings. The number of hydrogen-bond donors (Lipinski definition) is 0. The SMILES string of the molecule is Cc1c(Cl)ccc2sc(N(CCN(C)C)C(=O)Cc3ccc4c(c3)OCO4)nc12. The van der Waals surface area contributed by atoms with E-state index < -0.39 is 0 Å². The molecule has 2 aromatic carbocycles. The summed E-state index contributed by atoms with van der Waals surface area (Å²) in [6.45, 7) is 3.47. The number of fused-ring (bicyclic) bond motifs is 2. The molecule has 0 unspecified atom stereocenters. The minimum absolute atomic E-state index is 0.00600. The molecule has 1 aromatic heterocycles. The van der Waals surface area contributed by atoms with E-state index in [1.54, 1.807) is 4.90 Å². The predicted octanol–water partition coefficient (Wildman–Crippen LogP) is 4.12. The van der Waals surface area contributed by atoms with Crippen LogP contribution < -0.4 is 14.4 Å². The molecule has 1 amide bonds. The van der Waals surface area contributed by atoms with Gasteiger partial charge in [0.1, 0.15) is 0 Å². The number of halogens is 1. The van der Waals surface area contributed by atoms with Gasteiger partial charge in [-0.3, -0.25) is 9.69 Å². The zero-order valence-electron chi connectivity index (χ0n) is 16.6. The monoisotopic (exact) mass is 431 g/mol. The molecule has 6 nitrogen and oxygen atoms in total. The summed E-state index contributed by atoms with van der Waals surface area (Å²) in [5, 5.41) is 1.37. The minimum atomic E-state index is -0.00600. The fraction of sp³-hybridized carbons (Fsp3) is 0.333. The number of benzene rings is 2. The van der Waals surface area contributed by atoms with Gasteiger partial charge in [0.2, 0.25) is 12.7 Å². The van der Waals surface area contributed by atoms with Crippen LogP contribution in [0.2, 0.25) is 5.02 Å². The average Bonchev–Trinajstić information content (AvgIpc) is 3.31. The molecular formula is C21H22ClN3O3S. The first-order valence-electron chi connectivity index (χ1n) is 9.31. The molecule has 152 valence electrons. The molecule has 2 heterocycles. The van der Waals surface area contributed by atoms with Gasteiger partial charge in [-0.05, 0) is 56.4 Å². The van der Waals surface area contributed by atoms with Gasteiger partial charge in [-0.25, -0.2) is 4.98 Å². The van der Waals surface area contributed by atoms with E-state index in [2.05, 4.69) is 4.90 Å². The second-order valence-corrected chi connectivity index (χ2v) is 8.64. The van der Waals surface area contributed by atoms with Crippen LogP contribution in [0.15, 0.2) is 30.3 Å². The maximum atomic E-state index is 13.2. The van der Waals surface area contributed by atoms with E-state index in [0.29, 0.717) is 28.2 Å². The van der Waals surface area contributed by atoms with Crippen molar-refractivity contribution in [2.45, 2.75) is 13.3 Å². The molecule has 0 saturated carbocycles. The molecule has 0 saturated heterocycles. The van der Waals surface area contributed by atoms with Crippen molar-refractivity contribution in [3.05, 3.63) is 46.5 Å². The Hall–Kier alpha value is -2.35. The summed E-state index contributed by atoms with van der Waals surface area (Å²) >= 11 is 7.76. The van der Waals surface area contributed by atoms with Crippen LogP contribution >= 0.6 is 22.9 Å². The molecule has 29 heavy (non-hydrogen) atoms. The molecule has 4 rings (SSSR count).